The summed E-state index contributed by atoms with van der Waals surface area (Å²) in [5.74, 6) is 0. The predicted octanol–water partition coefficient (Wildman–Crippen LogP) is 2.49. The van der Waals surface area contributed by atoms with Gasteiger partial charge in [-0.1, -0.05) is 13.0 Å². The van der Waals surface area contributed by atoms with E-state index in [0.717, 1.165) is 25.8 Å². The molecule has 4 nitrogen and oxygen atoms in total. The Bertz CT molecular complexity index is 478. The van der Waals surface area contributed by atoms with Crippen LogP contribution >= 0.6 is 0 Å². The Kier molecular flexibility index (Phi) is 5.10. The van der Waals surface area contributed by atoms with Crippen molar-refractivity contribution in [2.45, 2.75) is 32.2 Å². The molecule has 2 aromatic heterocycles. The molecule has 2 heterocycles. The first kappa shape index (κ1) is 13.7. The molecule has 1 N–H and O–H groups in total. The third-order valence-electron chi connectivity index (χ3n) is 3.34. The predicted molar refractivity (Wildman–Crippen MR) is 76.8 cm³/mol. The third-order valence-corrected chi connectivity index (χ3v) is 3.34. The van der Waals surface area contributed by atoms with E-state index < -0.39 is 0 Å². The van der Waals surface area contributed by atoms with Crippen LogP contribution in [-0.2, 0) is 13.5 Å². The summed E-state index contributed by atoms with van der Waals surface area (Å²) in [6.45, 7) is 3.22. The van der Waals surface area contributed by atoms with Crippen molar-refractivity contribution in [3.63, 3.8) is 0 Å². The largest absolute Gasteiger partial charge is 0.310 e. The zero-order valence-corrected chi connectivity index (χ0v) is 11.7. The van der Waals surface area contributed by atoms with E-state index in [9.17, 15) is 0 Å². The second-order valence-electron chi connectivity index (χ2n) is 4.78. The second-order valence-corrected chi connectivity index (χ2v) is 4.78. The van der Waals surface area contributed by atoms with E-state index in [-0.39, 0.29) is 0 Å². The minimum absolute atomic E-state index is 0.364. The summed E-state index contributed by atoms with van der Waals surface area (Å²) in [6, 6.07) is 6.59. The van der Waals surface area contributed by atoms with Gasteiger partial charge in [0.05, 0.1) is 0 Å². The van der Waals surface area contributed by atoms with Gasteiger partial charge in [-0.15, -0.1) is 0 Å². The Balaban J connectivity index is 2.00. The van der Waals surface area contributed by atoms with Crippen LogP contribution in [0.25, 0.3) is 0 Å². The molecule has 0 aliphatic carbocycles. The molecule has 0 saturated carbocycles. The molecule has 0 fully saturated rings. The van der Waals surface area contributed by atoms with Crippen LogP contribution in [0.5, 0.6) is 0 Å². The number of hydrogen-bond donors (Lipinski definition) is 1. The van der Waals surface area contributed by atoms with E-state index in [1.807, 2.05) is 36.4 Å². The van der Waals surface area contributed by atoms with Gasteiger partial charge in [0.15, 0.2) is 0 Å². The van der Waals surface area contributed by atoms with E-state index in [2.05, 4.69) is 34.5 Å². The standard InChI is InChI=1S/C15H22N4/c1-3-9-17-15(13-5-4-10-16-12-13)7-6-14-8-11-18-19(14)2/h4-5,8,10-12,15,17H,3,6-7,9H2,1-2H3. The molecule has 19 heavy (non-hydrogen) atoms. The van der Waals surface area contributed by atoms with Crippen molar-refractivity contribution in [2.24, 2.45) is 7.05 Å². The van der Waals surface area contributed by atoms with Crippen molar-refractivity contribution in [3.8, 4) is 0 Å². The molecule has 2 aromatic rings. The topological polar surface area (TPSA) is 42.7 Å². The SMILES string of the molecule is CCCNC(CCc1ccnn1C)c1cccnc1. The minimum Gasteiger partial charge on any atom is -0.310 e. The fourth-order valence-corrected chi connectivity index (χ4v) is 2.23. The van der Waals surface area contributed by atoms with Crippen molar-refractivity contribution in [3.05, 3.63) is 48.0 Å². The molecule has 0 amide bonds. The highest BCUT2D eigenvalue weighted by Crippen LogP contribution is 2.18. The Morgan fingerprint density at radius 1 is 1.32 bits per heavy atom. The summed E-state index contributed by atoms with van der Waals surface area (Å²) in [5.41, 5.74) is 2.53. The molecule has 2 rings (SSSR count). The average Bonchev–Trinajstić information content (AvgIpc) is 2.85. The van der Waals surface area contributed by atoms with E-state index in [1.165, 1.54) is 11.3 Å². The van der Waals surface area contributed by atoms with E-state index in [4.69, 9.17) is 0 Å². The molecular weight excluding hydrogens is 236 g/mol. The number of aromatic nitrogens is 3. The van der Waals surface area contributed by atoms with Crippen LogP contribution in [0, 0.1) is 0 Å². The molecule has 0 spiro atoms. The minimum atomic E-state index is 0.364. The van der Waals surface area contributed by atoms with Crippen molar-refractivity contribution >= 4 is 0 Å². The number of pyridine rings is 1. The molecule has 0 aliphatic heterocycles. The van der Waals surface area contributed by atoms with Crippen LogP contribution in [0.4, 0.5) is 0 Å². The molecule has 4 heteroatoms. The van der Waals surface area contributed by atoms with Gasteiger partial charge in [0.1, 0.15) is 0 Å². The number of nitrogens with zero attached hydrogens (tertiary/aromatic N) is 3. The van der Waals surface area contributed by atoms with Gasteiger partial charge < -0.3 is 5.32 Å². The molecule has 0 aromatic carbocycles. The number of rotatable bonds is 7. The maximum atomic E-state index is 4.22. The molecule has 0 aliphatic rings. The van der Waals surface area contributed by atoms with Crippen LogP contribution in [0.3, 0.4) is 0 Å². The van der Waals surface area contributed by atoms with E-state index in [1.54, 1.807) is 0 Å². The smallest absolute Gasteiger partial charge is 0.0492 e. The molecule has 0 saturated heterocycles. The summed E-state index contributed by atoms with van der Waals surface area (Å²) in [4.78, 5) is 4.22. The fraction of sp³-hybridized carbons (Fsp3) is 0.467. The summed E-state index contributed by atoms with van der Waals surface area (Å²) in [7, 11) is 1.99. The highest BCUT2D eigenvalue weighted by Gasteiger charge is 2.11. The monoisotopic (exact) mass is 258 g/mol. The molecule has 102 valence electrons. The van der Waals surface area contributed by atoms with Gasteiger partial charge >= 0.3 is 0 Å². The van der Waals surface area contributed by atoms with Gasteiger partial charge in [0.2, 0.25) is 0 Å². The van der Waals surface area contributed by atoms with Gasteiger partial charge in [-0.2, -0.15) is 5.10 Å². The lowest BCUT2D eigenvalue weighted by Gasteiger charge is -2.18. The number of aryl methyl sites for hydroxylation is 2. The van der Waals surface area contributed by atoms with Crippen molar-refractivity contribution in [1.29, 1.82) is 0 Å². The van der Waals surface area contributed by atoms with Crippen LogP contribution < -0.4 is 5.32 Å². The quantitative estimate of drug-likeness (QED) is 0.829. The van der Waals surface area contributed by atoms with Crippen LogP contribution in [0.15, 0.2) is 36.8 Å². The summed E-state index contributed by atoms with van der Waals surface area (Å²) in [5, 5.41) is 7.81. The third kappa shape index (κ3) is 3.89. The molecule has 1 unspecified atom stereocenters. The lowest BCUT2D eigenvalue weighted by atomic mass is 10.0. The second kappa shape index (κ2) is 7.04. The van der Waals surface area contributed by atoms with E-state index >= 15 is 0 Å². The van der Waals surface area contributed by atoms with E-state index in [0.29, 0.717) is 6.04 Å². The Morgan fingerprint density at radius 2 is 2.21 bits per heavy atom. The molecule has 0 bridgehead atoms. The number of nitrogens with one attached hydrogen (secondary N) is 1. The van der Waals surface area contributed by atoms with Crippen LogP contribution in [0.1, 0.15) is 37.1 Å². The molecular formula is C15H22N4. The van der Waals surface area contributed by atoms with Crippen molar-refractivity contribution in [1.82, 2.24) is 20.1 Å². The number of hydrogen-bond acceptors (Lipinski definition) is 3. The summed E-state index contributed by atoms with van der Waals surface area (Å²) >= 11 is 0. The van der Waals surface area contributed by atoms with Gasteiger partial charge in [0, 0.05) is 37.4 Å². The zero-order valence-electron chi connectivity index (χ0n) is 11.7. The highest BCUT2D eigenvalue weighted by molar-refractivity contribution is 5.14. The first-order valence-corrected chi connectivity index (χ1v) is 6.91. The first-order valence-electron chi connectivity index (χ1n) is 6.91. The van der Waals surface area contributed by atoms with Gasteiger partial charge in [-0.25, -0.2) is 0 Å². The molecule has 0 radical (unpaired) electrons. The maximum absolute atomic E-state index is 4.22. The van der Waals surface area contributed by atoms with Gasteiger partial charge in [-0.3, -0.25) is 9.67 Å². The maximum Gasteiger partial charge on any atom is 0.0492 e. The first-order chi connectivity index (χ1) is 9.31. The fourth-order valence-electron chi connectivity index (χ4n) is 2.23. The lowest BCUT2D eigenvalue weighted by molar-refractivity contribution is 0.490. The Morgan fingerprint density at radius 3 is 2.84 bits per heavy atom. The molecule has 1 atom stereocenters. The zero-order chi connectivity index (χ0) is 13.5. The average molecular weight is 258 g/mol. The van der Waals surface area contributed by atoms with Crippen LogP contribution in [0.2, 0.25) is 0 Å². The van der Waals surface area contributed by atoms with Gasteiger partial charge in [-0.05, 0) is 43.5 Å². The normalized spacial score (nSPS) is 12.5. The summed E-state index contributed by atoms with van der Waals surface area (Å²) < 4.78 is 1.94. The van der Waals surface area contributed by atoms with Crippen molar-refractivity contribution in [2.75, 3.05) is 6.54 Å². The van der Waals surface area contributed by atoms with Crippen LogP contribution in [-0.4, -0.2) is 21.3 Å². The Hall–Kier alpha value is -1.68. The summed E-state index contributed by atoms with van der Waals surface area (Å²) in [6.07, 6.45) is 8.85. The Labute approximate surface area is 114 Å². The lowest BCUT2D eigenvalue weighted by Crippen LogP contribution is -2.23. The van der Waals surface area contributed by atoms with Crippen molar-refractivity contribution < 1.29 is 0 Å². The van der Waals surface area contributed by atoms with Gasteiger partial charge in [0.25, 0.3) is 0 Å². The highest BCUT2D eigenvalue weighted by atomic mass is 15.2.